The second-order valence-electron chi connectivity index (χ2n) is 5.39. The van der Waals surface area contributed by atoms with Crippen LogP contribution in [0.1, 0.15) is 39.4 Å². The van der Waals surface area contributed by atoms with Gasteiger partial charge in [-0.25, -0.2) is 19.2 Å². The van der Waals surface area contributed by atoms with Crippen molar-refractivity contribution in [3.63, 3.8) is 0 Å². The third-order valence-electron chi connectivity index (χ3n) is 3.58. The Bertz CT molecular complexity index is 744. The Morgan fingerprint density at radius 2 is 1.91 bits per heavy atom. The van der Waals surface area contributed by atoms with Crippen LogP contribution in [-0.4, -0.2) is 37.9 Å². The van der Waals surface area contributed by atoms with E-state index in [0.717, 1.165) is 25.2 Å². The van der Waals surface area contributed by atoms with E-state index in [4.69, 9.17) is 5.11 Å². The number of aromatic nitrogens is 2. The molecule has 1 aliphatic carbocycles. The van der Waals surface area contributed by atoms with Crippen LogP contribution in [0.4, 0.5) is 4.39 Å². The van der Waals surface area contributed by atoms with Gasteiger partial charge >= 0.3 is 5.97 Å². The van der Waals surface area contributed by atoms with E-state index >= 15 is 0 Å². The van der Waals surface area contributed by atoms with Gasteiger partial charge < -0.3 is 10.0 Å². The van der Waals surface area contributed by atoms with Crippen LogP contribution in [0, 0.1) is 5.82 Å². The van der Waals surface area contributed by atoms with Crippen molar-refractivity contribution in [1.82, 2.24) is 14.9 Å². The van der Waals surface area contributed by atoms with Crippen molar-refractivity contribution < 1.29 is 19.1 Å². The highest BCUT2D eigenvalue weighted by molar-refractivity contribution is 5.93. The summed E-state index contributed by atoms with van der Waals surface area (Å²) in [6.07, 6.45) is 4.00. The van der Waals surface area contributed by atoms with Gasteiger partial charge in [0.2, 0.25) is 0 Å². The lowest BCUT2D eigenvalue weighted by molar-refractivity contribution is 0.0682. The van der Waals surface area contributed by atoms with Crippen LogP contribution in [0.15, 0.2) is 36.7 Å². The summed E-state index contributed by atoms with van der Waals surface area (Å²) in [4.78, 5) is 32.6. The SMILES string of the molecule is O=C(O)c1cnc(C(=O)N(Cc2cccc(F)c2)C2CC2)cn1. The third kappa shape index (κ3) is 3.50. The van der Waals surface area contributed by atoms with E-state index in [0.29, 0.717) is 5.56 Å². The summed E-state index contributed by atoms with van der Waals surface area (Å²) in [6, 6.07) is 6.20. The molecular weight excluding hydrogens is 301 g/mol. The first-order chi connectivity index (χ1) is 11.0. The summed E-state index contributed by atoms with van der Waals surface area (Å²) in [7, 11) is 0. The van der Waals surface area contributed by atoms with Gasteiger partial charge in [-0.2, -0.15) is 0 Å². The predicted octanol–water partition coefficient (Wildman–Crippen LogP) is 2.12. The fourth-order valence-corrected chi connectivity index (χ4v) is 2.28. The summed E-state index contributed by atoms with van der Waals surface area (Å²) in [5.41, 5.74) is 0.559. The summed E-state index contributed by atoms with van der Waals surface area (Å²) < 4.78 is 13.3. The maximum absolute atomic E-state index is 13.3. The van der Waals surface area contributed by atoms with Gasteiger partial charge in [0.05, 0.1) is 12.4 Å². The largest absolute Gasteiger partial charge is 0.476 e. The Hall–Kier alpha value is -2.83. The molecular formula is C16H14FN3O3. The highest BCUT2D eigenvalue weighted by Gasteiger charge is 2.33. The van der Waals surface area contributed by atoms with Gasteiger partial charge in [-0.3, -0.25) is 4.79 Å². The first-order valence-corrected chi connectivity index (χ1v) is 7.15. The van der Waals surface area contributed by atoms with Gasteiger partial charge in [-0.05, 0) is 30.5 Å². The van der Waals surface area contributed by atoms with Gasteiger partial charge in [0.1, 0.15) is 11.5 Å². The van der Waals surface area contributed by atoms with Gasteiger partial charge in [-0.15, -0.1) is 0 Å². The molecule has 1 heterocycles. The zero-order valence-corrected chi connectivity index (χ0v) is 12.1. The molecule has 1 amide bonds. The molecule has 1 fully saturated rings. The fraction of sp³-hybridized carbons (Fsp3) is 0.250. The van der Waals surface area contributed by atoms with E-state index in [9.17, 15) is 14.0 Å². The number of amides is 1. The van der Waals surface area contributed by atoms with E-state index in [-0.39, 0.29) is 35.7 Å². The Morgan fingerprint density at radius 3 is 2.48 bits per heavy atom. The Kier molecular flexibility index (Phi) is 4.01. The monoisotopic (exact) mass is 315 g/mol. The Morgan fingerprint density at radius 1 is 1.22 bits per heavy atom. The zero-order valence-electron chi connectivity index (χ0n) is 12.1. The molecule has 0 unspecified atom stereocenters. The summed E-state index contributed by atoms with van der Waals surface area (Å²) in [6.45, 7) is 0.281. The quantitative estimate of drug-likeness (QED) is 0.913. The van der Waals surface area contributed by atoms with Crippen molar-refractivity contribution in [2.75, 3.05) is 0 Å². The lowest BCUT2D eigenvalue weighted by atomic mass is 10.2. The molecule has 2 aromatic rings. The molecule has 118 valence electrons. The normalized spacial score (nSPS) is 13.6. The molecule has 7 heteroatoms. The average molecular weight is 315 g/mol. The topological polar surface area (TPSA) is 83.4 Å². The van der Waals surface area contributed by atoms with E-state index in [1.165, 1.54) is 12.1 Å². The lowest BCUT2D eigenvalue weighted by Gasteiger charge is -2.22. The predicted molar refractivity (Wildman–Crippen MR) is 78.3 cm³/mol. The molecule has 1 aromatic heterocycles. The van der Waals surface area contributed by atoms with Gasteiger partial charge in [0.25, 0.3) is 5.91 Å². The number of carbonyl (C=O) groups excluding carboxylic acids is 1. The van der Waals surface area contributed by atoms with Crippen molar-refractivity contribution in [3.8, 4) is 0 Å². The van der Waals surface area contributed by atoms with Crippen LogP contribution in [0.5, 0.6) is 0 Å². The number of aromatic carboxylic acids is 1. The minimum atomic E-state index is -1.20. The molecule has 1 N–H and O–H groups in total. The Balaban J connectivity index is 1.80. The van der Waals surface area contributed by atoms with Crippen molar-refractivity contribution in [3.05, 3.63) is 59.4 Å². The fourth-order valence-electron chi connectivity index (χ4n) is 2.28. The lowest BCUT2D eigenvalue weighted by Crippen LogP contribution is -2.33. The molecule has 1 aromatic carbocycles. The number of hydrogen-bond acceptors (Lipinski definition) is 4. The highest BCUT2D eigenvalue weighted by Crippen LogP contribution is 2.29. The van der Waals surface area contributed by atoms with Crippen molar-refractivity contribution in [2.24, 2.45) is 0 Å². The first-order valence-electron chi connectivity index (χ1n) is 7.15. The van der Waals surface area contributed by atoms with Gasteiger partial charge in [0.15, 0.2) is 5.69 Å². The molecule has 23 heavy (non-hydrogen) atoms. The minimum Gasteiger partial charge on any atom is -0.476 e. The van der Waals surface area contributed by atoms with Crippen LogP contribution in [-0.2, 0) is 6.54 Å². The second kappa shape index (κ2) is 6.12. The number of rotatable bonds is 5. The van der Waals surface area contributed by atoms with E-state index in [1.54, 1.807) is 17.0 Å². The number of nitrogens with zero attached hydrogens (tertiary/aromatic N) is 3. The molecule has 1 saturated carbocycles. The molecule has 1 aliphatic rings. The number of carbonyl (C=O) groups is 2. The number of halogens is 1. The van der Waals surface area contributed by atoms with Crippen LogP contribution < -0.4 is 0 Å². The van der Waals surface area contributed by atoms with E-state index in [1.807, 2.05) is 0 Å². The molecule has 0 bridgehead atoms. The van der Waals surface area contributed by atoms with Crippen LogP contribution in [0.2, 0.25) is 0 Å². The number of benzene rings is 1. The smallest absolute Gasteiger partial charge is 0.356 e. The molecule has 0 radical (unpaired) electrons. The minimum absolute atomic E-state index is 0.0818. The summed E-state index contributed by atoms with van der Waals surface area (Å²) >= 11 is 0. The van der Waals surface area contributed by atoms with E-state index < -0.39 is 5.97 Å². The number of hydrogen-bond donors (Lipinski definition) is 1. The van der Waals surface area contributed by atoms with Crippen LogP contribution in [0.25, 0.3) is 0 Å². The summed E-state index contributed by atoms with van der Waals surface area (Å²) in [5.74, 6) is -1.88. The van der Waals surface area contributed by atoms with Crippen molar-refractivity contribution in [2.45, 2.75) is 25.4 Å². The average Bonchev–Trinajstić information content (AvgIpc) is 3.37. The summed E-state index contributed by atoms with van der Waals surface area (Å²) in [5, 5.41) is 8.81. The number of carboxylic acid groups (broad SMARTS) is 1. The molecule has 0 atom stereocenters. The molecule has 3 rings (SSSR count). The third-order valence-corrected chi connectivity index (χ3v) is 3.58. The van der Waals surface area contributed by atoms with Gasteiger partial charge in [-0.1, -0.05) is 12.1 Å². The highest BCUT2D eigenvalue weighted by atomic mass is 19.1. The second-order valence-corrected chi connectivity index (χ2v) is 5.39. The van der Waals surface area contributed by atoms with Crippen molar-refractivity contribution >= 4 is 11.9 Å². The maximum Gasteiger partial charge on any atom is 0.356 e. The standard InChI is InChI=1S/C16H14FN3O3/c17-11-3-1-2-10(6-11)9-20(12-4-5-12)15(21)13-7-19-14(8-18-13)16(22)23/h1-3,6-8,12H,4-5,9H2,(H,22,23). The molecule has 0 saturated heterocycles. The van der Waals surface area contributed by atoms with Gasteiger partial charge in [0, 0.05) is 12.6 Å². The van der Waals surface area contributed by atoms with Crippen molar-refractivity contribution in [1.29, 1.82) is 0 Å². The zero-order chi connectivity index (χ0) is 16.4. The van der Waals surface area contributed by atoms with E-state index in [2.05, 4.69) is 9.97 Å². The molecule has 0 aliphatic heterocycles. The molecule has 6 nitrogen and oxygen atoms in total. The van der Waals surface area contributed by atoms with Crippen LogP contribution in [0.3, 0.4) is 0 Å². The first kappa shape index (κ1) is 15.1. The Labute approximate surface area is 131 Å². The molecule has 0 spiro atoms. The maximum atomic E-state index is 13.3. The van der Waals surface area contributed by atoms with Crippen LogP contribution >= 0.6 is 0 Å². The number of carboxylic acids is 1.